The van der Waals surface area contributed by atoms with Gasteiger partial charge < -0.3 is 0 Å². The number of rotatable bonds is 3. The lowest BCUT2D eigenvalue weighted by Gasteiger charge is -2.21. The Morgan fingerprint density at radius 1 is 1.15 bits per heavy atom. The summed E-state index contributed by atoms with van der Waals surface area (Å²) >= 11 is 0. The van der Waals surface area contributed by atoms with Crippen molar-refractivity contribution in [2.75, 3.05) is 6.54 Å². The lowest BCUT2D eigenvalue weighted by Crippen LogP contribution is -2.43. The van der Waals surface area contributed by atoms with E-state index in [1.165, 1.54) is 20.8 Å². The molecule has 1 N–H and O–H groups in total. The van der Waals surface area contributed by atoms with Gasteiger partial charge in [0.05, 0.1) is 11.3 Å². The topological polar surface area (TPSA) is 46.2 Å². The van der Waals surface area contributed by atoms with Gasteiger partial charge in [-0.15, -0.1) is 0 Å². The zero-order valence-corrected chi connectivity index (χ0v) is 9.00. The third kappa shape index (κ3) is 4.52. The van der Waals surface area contributed by atoms with E-state index in [4.69, 9.17) is 0 Å². The molecular formula is C7H15F2NO2S. The second kappa shape index (κ2) is 3.49. The van der Waals surface area contributed by atoms with Crippen LogP contribution in [-0.2, 0) is 10.0 Å². The van der Waals surface area contributed by atoms with E-state index in [0.717, 1.165) is 0 Å². The molecule has 0 spiro atoms. The van der Waals surface area contributed by atoms with Crippen molar-refractivity contribution in [3.8, 4) is 0 Å². The van der Waals surface area contributed by atoms with Gasteiger partial charge in [0.1, 0.15) is 0 Å². The second-order valence-electron chi connectivity index (χ2n) is 4.01. The SMILES string of the molecule is CC(F)(F)CNS(=O)(=O)C(C)(C)C. The van der Waals surface area contributed by atoms with Gasteiger partial charge in [0.2, 0.25) is 10.0 Å². The van der Waals surface area contributed by atoms with Crippen molar-refractivity contribution in [3.05, 3.63) is 0 Å². The second-order valence-corrected chi connectivity index (χ2v) is 6.53. The minimum atomic E-state index is -3.66. The summed E-state index contributed by atoms with van der Waals surface area (Å²) in [6.07, 6.45) is 0. The first-order valence-electron chi connectivity index (χ1n) is 3.83. The van der Waals surface area contributed by atoms with Gasteiger partial charge in [-0.3, -0.25) is 0 Å². The van der Waals surface area contributed by atoms with Crippen molar-refractivity contribution in [2.24, 2.45) is 0 Å². The molecule has 0 aromatic rings. The van der Waals surface area contributed by atoms with E-state index in [0.29, 0.717) is 6.92 Å². The summed E-state index contributed by atoms with van der Waals surface area (Å²) in [5, 5.41) is 0. The fourth-order valence-corrected chi connectivity index (χ4v) is 1.31. The standard InChI is InChI=1S/C7H15F2NO2S/c1-6(2,3)13(11,12)10-5-7(4,8)9/h10H,5H2,1-4H3. The van der Waals surface area contributed by atoms with Crippen LogP contribution in [-0.4, -0.2) is 25.6 Å². The minimum Gasteiger partial charge on any atom is -0.212 e. The van der Waals surface area contributed by atoms with Gasteiger partial charge in [-0.05, 0) is 20.8 Å². The van der Waals surface area contributed by atoms with Crippen molar-refractivity contribution in [1.29, 1.82) is 0 Å². The molecule has 6 heteroatoms. The Labute approximate surface area is 77.6 Å². The number of hydrogen-bond donors (Lipinski definition) is 1. The highest BCUT2D eigenvalue weighted by Gasteiger charge is 2.32. The average molecular weight is 215 g/mol. The van der Waals surface area contributed by atoms with E-state index in [1.807, 2.05) is 4.72 Å². The van der Waals surface area contributed by atoms with Gasteiger partial charge in [0.25, 0.3) is 5.92 Å². The summed E-state index contributed by atoms with van der Waals surface area (Å²) in [5.41, 5.74) is 0. The van der Waals surface area contributed by atoms with Crippen LogP contribution in [0.3, 0.4) is 0 Å². The fourth-order valence-electron chi connectivity index (χ4n) is 0.438. The molecule has 0 aliphatic carbocycles. The molecule has 0 saturated heterocycles. The monoisotopic (exact) mass is 215 g/mol. The maximum absolute atomic E-state index is 12.3. The highest BCUT2D eigenvalue weighted by Crippen LogP contribution is 2.15. The molecule has 0 aromatic carbocycles. The van der Waals surface area contributed by atoms with E-state index in [9.17, 15) is 17.2 Å². The van der Waals surface area contributed by atoms with E-state index in [2.05, 4.69) is 0 Å². The first kappa shape index (κ1) is 12.8. The van der Waals surface area contributed by atoms with Crippen LogP contribution in [0, 0.1) is 0 Å². The summed E-state index contributed by atoms with van der Waals surface area (Å²) in [6, 6.07) is 0. The van der Waals surface area contributed by atoms with Gasteiger partial charge in [0, 0.05) is 6.92 Å². The van der Waals surface area contributed by atoms with Gasteiger partial charge in [0.15, 0.2) is 0 Å². The fraction of sp³-hybridized carbons (Fsp3) is 1.00. The molecule has 0 aromatic heterocycles. The number of halogens is 2. The largest absolute Gasteiger partial charge is 0.258 e. The van der Waals surface area contributed by atoms with Gasteiger partial charge in [-0.1, -0.05) is 0 Å². The van der Waals surface area contributed by atoms with Crippen molar-refractivity contribution in [2.45, 2.75) is 38.4 Å². The quantitative estimate of drug-likeness (QED) is 0.772. The molecule has 0 bridgehead atoms. The lowest BCUT2D eigenvalue weighted by atomic mass is 10.3. The molecule has 0 fully saturated rings. The summed E-state index contributed by atoms with van der Waals surface area (Å²) in [7, 11) is -3.66. The smallest absolute Gasteiger partial charge is 0.212 e. The predicted octanol–water partition coefficient (Wildman–Crippen LogP) is 1.36. The van der Waals surface area contributed by atoms with E-state index in [-0.39, 0.29) is 0 Å². The van der Waals surface area contributed by atoms with Crippen LogP contribution in [0.5, 0.6) is 0 Å². The maximum Gasteiger partial charge on any atom is 0.258 e. The van der Waals surface area contributed by atoms with Crippen molar-refractivity contribution in [1.82, 2.24) is 4.72 Å². The van der Waals surface area contributed by atoms with Crippen LogP contribution in [0.1, 0.15) is 27.7 Å². The molecule has 0 saturated carbocycles. The Morgan fingerprint density at radius 3 is 1.77 bits per heavy atom. The van der Waals surface area contributed by atoms with Crippen molar-refractivity contribution < 1.29 is 17.2 Å². The summed E-state index contributed by atoms with van der Waals surface area (Å²) < 4.78 is 47.9. The van der Waals surface area contributed by atoms with Crippen LogP contribution in [0.4, 0.5) is 8.78 Å². The molecular weight excluding hydrogens is 200 g/mol. The zero-order chi connectivity index (χ0) is 10.9. The lowest BCUT2D eigenvalue weighted by molar-refractivity contribution is 0.0280. The molecule has 80 valence electrons. The molecule has 0 unspecified atom stereocenters. The Morgan fingerprint density at radius 2 is 1.54 bits per heavy atom. The van der Waals surface area contributed by atoms with Gasteiger partial charge >= 0.3 is 0 Å². The molecule has 3 nitrogen and oxygen atoms in total. The molecule has 0 radical (unpaired) electrons. The van der Waals surface area contributed by atoms with Gasteiger partial charge in [-0.2, -0.15) is 0 Å². The van der Waals surface area contributed by atoms with Crippen LogP contribution in [0.15, 0.2) is 0 Å². The molecule has 0 rings (SSSR count). The summed E-state index contributed by atoms with van der Waals surface area (Å²) in [4.78, 5) is 0. The summed E-state index contributed by atoms with van der Waals surface area (Å²) in [6.45, 7) is 4.15. The summed E-state index contributed by atoms with van der Waals surface area (Å²) in [5.74, 6) is -3.02. The van der Waals surface area contributed by atoms with E-state index < -0.39 is 27.2 Å². The van der Waals surface area contributed by atoms with Crippen LogP contribution >= 0.6 is 0 Å². The normalized spacial score (nSPS) is 14.6. The van der Waals surface area contributed by atoms with Gasteiger partial charge in [-0.25, -0.2) is 21.9 Å². The number of sulfonamides is 1. The first-order chi connectivity index (χ1) is 5.46. The maximum atomic E-state index is 12.3. The Kier molecular flexibility index (Phi) is 3.43. The Balaban J connectivity index is 4.40. The van der Waals surface area contributed by atoms with E-state index >= 15 is 0 Å². The minimum absolute atomic E-state index is 0.665. The van der Waals surface area contributed by atoms with Crippen LogP contribution < -0.4 is 4.72 Å². The van der Waals surface area contributed by atoms with E-state index in [1.54, 1.807) is 0 Å². The average Bonchev–Trinajstić information content (AvgIpc) is 1.79. The third-order valence-corrected chi connectivity index (χ3v) is 3.52. The first-order valence-corrected chi connectivity index (χ1v) is 5.31. The molecule has 13 heavy (non-hydrogen) atoms. The highest BCUT2D eigenvalue weighted by atomic mass is 32.2. The Bertz CT molecular complexity index is 261. The molecule has 0 atom stereocenters. The highest BCUT2D eigenvalue weighted by molar-refractivity contribution is 7.90. The number of hydrogen-bond acceptors (Lipinski definition) is 2. The van der Waals surface area contributed by atoms with Crippen molar-refractivity contribution >= 4 is 10.0 Å². The molecule has 0 aliphatic rings. The van der Waals surface area contributed by atoms with Crippen LogP contribution in [0.2, 0.25) is 0 Å². The zero-order valence-electron chi connectivity index (χ0n) is 8.19. The number of alkyl halides is 2. The molecule has 0 amide bonds. The third-order valence-electron chi connectivity index (χ3n) is 1.38. The molecule has 0 heterocycles. The number of nitrogens with one attached hydrogen (secondary N) is 1. The predicted molar refractivity (Wildman–Crippen MR) is 47.3 cm³/mol. The van der Waals surface area contributed by atoms with Crippen molar-refractivity contribution in [3.63, 3.8) is 0 Å². The van der Waals surface area contributed by atoms with Crippen LogP contribution in [0.25, 0.3) is 0 Å². The Hall–Kier alpha value is -0.230. The molecule has 0 aliphatic heterocycles.